The van der Waals surface area contributed by atoms with Crippen LogP contribution in [0.2, 0.25) is 0 Å². The molecule has 0 aromatic heterocycles. The number of fused-ring (bicyclic) bond motifs is 3. The number of ketones is 1. The van der Waals surface area contributed by atoms with E-state index < -0.39 is 5.92 Å². The Labute approximate surface area is 142 Å². The molecule has 1 amide bonds. The standard InChI is InChI=1S/C20H23NO3/c1-4-9-21-19(23)16-11-18(24-3)17(22)10-15-14-8-6-5-7-13(14)12-20(15,16)2/h4-8,11,15-16H,1,9-10,12H2,2-3H3,(H,21,23)/t15-,16-,20?/m1/s1. The molecule has 2 aliphatic carbocycles. The van der Waals surface area contributed by atoms with E-state index in [0.29, 0.717) is 18.7 Å². The summed E-state index contributed by atoms with van der Waals surface area (Å²) in [6.45, 7) is 6.17. The van der Waals surface area contributed by atoms with E-state index in [1.807, 2.05) is 12.1 Å². The summed E-state index contributed by atoms with van der Waals surface area (Å²) in [7, 11) is 1.49. The average molecular weight is 325 g/mol. The van der Waals surface area contributed by atoms with Gasteiger partial charge in [0.2, 0.25) is 5.91 Å². The molecule has 1 aromatic carbocycles. The lowest BCUT2D eigenvalue weighted by Crippen LogP contribution is -2.41. The van der Waals surface area contributed by atoms with Gasteiger partial charge in [-0.15, -0.1) is 6.58 Å². The van der Waals surface area contributed by atoms with Crippen molar-refractivity contribution in [1.29, 1.82) is 0 Å². The Morgan fingerprint density at radius 3 is 2.92 bits per heavy atom. The predicted octanol–water partition coefficient (Wildman–Crippen LogP) is 2.75. The Morgan fingerprint density at radius 1 is 1.46 bits per heavy atom. The summed E-state index contributed by atoms with van der Waals surface area (Å²) in [4.78, 5) is 25.4. The van der Waals surface area contributed by atoms with Gasteiger partial charge in [0.15, 0.2) is 11.5 Å². The molecule has 0 heterocycles. The van der Waals surface area contributed by atoms with Crippen molar-refractivity contribution in [3.8, 4) is 0 Å². The number of Topliss-reactive ketones (excluding diaryl/α,β-unsaturated/α-hetero) is 1. The topological polar surface area (TPSA) is 55.4 Å². The second-order valence-electron chi connectivity index (χ2n) is 6.81. The SMILES string of the molecule is C=CCNC(=O)[C@H]1C=C(OC)C(=O)C[C@@H]2c3ccccc3CC12C. The number of carbonyl (C=O) groups is 2. The summed E-state index contributed by atoms with van der Waals surface area (Å²) < 4.78 is 5.28. The highest BCUT2D eigenvalue weighted by Crippen LogP contribution is 2.55. The fourth-order valence-corrected chi connectivity index (χ4v) is 4.15. The van der Waals surface area contributed by atoms with Gasteiger partial charge < -0.3 is 10.1 Å². The van der Waals surface area contributed by atoms with Crippen LogP contribution in [0.15, 0.2) is 48.8 Å². The van der Waals surface area contributed by atoms with Crippen LogP contribution in [0, 0.1) is 11.3 Å². The van der Waals surface area contributed by atoms with Gasteiger partial charge in [-0.25, -0.2) is 0 Å². The van der Waals surface area contributed by atoms with Crippen molar-refractivity contribution in [2.45, 2.75) is 25.7 Å². The van der Waals surface area contributed by atoms with Crippen LogP contribution >= 0.6 is 0 Å². The van der Waals surface area contributed by atoms with Gasteiger partial charge in [-0.1, -0.05) is 37.3 Å². The molecule has 1 unspecified atom stereocenters. The zero-order valence-electron chi connectivity index (χ0n) is 14.2. The first-order chi connectivity index (χ1) is 11.5. The molecule has 0 fully saturated rings. The molecule has 24 heavy (non-hydrogen) atoms. The molecule has 0 aliphatic heterocycles. The maximum absolute atomic E-state index is 12.8. The largest absolute Gasteiger partial charge is 0.493 e. The van der Waals surface area contributed by atoms with Gasteiger partial charge >= 0.3 is 0 Å². The van der Waals surface area contributed by atoms with Gasteiger partial charge in [-0.3, -0.25) is 9.59 Å². The Hall–Kier alpha value is -2.36. The van der Waals surface area contributed by atoms with Crippen molar-refractivity contribution >= 4 is 11.7 Å². The number of rotatable bonds is 4. The molecule has 0 bridgehead atoms. The lowest BCUT2D eigenvalue weighted by molar-refractivity contribution is -0.127. The van der Waals surface area contributed by atoms with Crippen molar-refractivity contribution in [3.63, 3.8) is 0 Å². The van der Waals surface area contributed by atoms with Gasteiger partial charge in [0.25, 0.3) is 0 Å². The molecule has 3 atom stereocenters. The molecule has 0 saturated carbocycles. The van der Waals surface area contributed by atoms with E-state index in [-0.39, 0.29) is 23.0 Å². The van der Waals surface area contributed by atoms with E-state index in [4.69, 9.17) is 4.74 Å². The third-order valence-electron chi connectivity index (χ3n) is 5.41. The smallest absolute Gasteiger partial charge is 0.227 e. The second kappa shape index (κ2) is 6.27. The normalized spacial score (nSPS) is 28.2. The minimum atomic E-state index is -0.420. The van der Waals surface area contributed by atoms with Crippen molar-refractivity contribution in [2.24, 2.45) is 11.3 Å². The lowest BCUT2D eigenvalue weighted by atomic mass is 9.67. The Kier molecular flexibility index (Phi) is 4.31. The molecule has 2 aliphatic rings. The number of nitrogens with one attached hydrogen (secondary N) is 1. The first-order valence-electron chi connectivity index (χ1n) is 8.26. The van der Waals surface area contributed by atoms with Crippen molar-refractivity contribution < 1.29 is 14.3 Å². The number of benzene rings is 1. The van der Waals surface area contributed by atoms with Gasteiger partial charge in [-0.2, -0.15) is 0 Å². The third-order valence-corrected chi connectivity index (χ3v) is 5.41. The summed E-state index contributed by atoms with van der Waals surface area (Å²) in [5.41, 5.74) is 2.07. The van der Waals surface area contributed by atoms with Crippen LogP contribution in [0.5, 0.6) is 0 Å². The fraction of sp³-hybridized carbons (Fsp3) is 0.400. The van der Waals surface area contributed by atoms with Crippen molar-refractivity contribution in [3.05, 3.63) is 59.9 Å². The molecule has 0 radical (unpaired) electrons. The van der Waals surface area contributed by atoms with E-state index in [1.54, 1.807) is 12.2 Å². The van der Waals surface area contributed by atoms with Crippen LogP contribution in [0.1, 0.15) is 30.4 Å². The Balaban J connectivity index is 2.07. The molecule has 0 spiro atoms. The number of ether oxygens (including phenoxy) is 1. The molecule has 126 valence electrons. The molecule has 1 N–H and O–H groups in total. The van der Waals surface area contributed by atoms with Gasteiger partial charge in [0.05, 0.1) is 13.0 Å². The average Bonchev–Trinajstić information content (AvgIpc) is 2.80. The summed E-state index contributed by atoms with van der Waals surface area (Å²) in [5.74, 6) is -0.230. The lowest BCUT2D eigenvalue weighted by Gasteiger charge is -2.35. The fourth-order valence-electron chi connectivity index (χ4n) is 4.15. The van der Waals surface area contributed by atoms with Crippen LogP contribution in [0.25, 0.3) is 0 Å². The van der Waals surface area contributed by atoms with Crippen LogP contribution in [0.3, 0.4) is 0 Å². The van der Waals surface area contributed by atoms with E-state index in [2.05, 4.69) is 31.0 Å². The molecule has 3 rings (SSSR count). The Morgan fingerprint density at radius 2 is 2.21 bits per heavy atom. The zero-order valence-corrected chi connectivity index (χ0v) is 14.2. The summed E-state index contributed by atoms with van der Waals surface area (Å²) in [6, 6.07) is 8.18. The Bertz CT molecular complexity index is 721. The molecular weight excluding hydrogens is 302 g/mol. The van der Waals surface area contributed by atoms with Crippen LogP contribution < -0.4 is 5.32 Å². The van der Waals surface area contributed by atoms with Crippen LogP contribution in [-0.4, -0.2) is 25.3 Å². The number of allylic oxidation sites excluding steroid dienone is 1. The number of methoxy groups -OCH3 is 1. The van der Waals surface area contributed by atoms with Crippen molar-refractivity contribution in [1.82, 2.24) is 5.32 Å². The van der Waals surface area contributed by atoms with Gasteiger partial charge in [0, 0.05) is 13.0 Å². The summed E-state index contributed by atoms with van der Waals surface area (Å²) >= 11 is 0. The van der Waals surface area contributed by atoms with E-state index in [0.717, 1.165) is 6.42 Å². The first-order valence-corrected chi connectivity index (χ1v) is 8.26. The van der Waals surface area contributed by atoms with Gasteiger partial charge in [0.1, 0.15) is 0 Å². The van der Waals surface area contributed by atoms with Gasteiger partial charge in [-0.05, 0) is 35.0 Å². The molecular formula is C20H23NO3. The maximum Gasteiger partial charge on any atom is 0.227 e. The third kappa shape index (κ3) is 2.56. The minimum Gasteiger partial charge on any atom is -0.493 e. The minimum absolute atomic E-state index is 0.0181. The molecule has 4 nitrogen and oxygen atoms in total. The highest BCUT2D eigenvalue weighted by molar-refractivity contribution is 5.96. The quantitative estimate of drug-likeness (QED) is 0.866. The summed E-state index contributed by atoms with van der Waals surface area (Å²) in [5, 5.41) is 2.89. The van der Waals surface area contributed by atoms with Crippen LogP contribution in [-0.2, 0) is 20.7 Å². The van der Waals surface area contributed by atoms with E-state index in [9.17, 15) is 9.59 Å². The molecule has 0 saturated heterocycles. The second-order valence-corrected chi connectivity index (χ2v) is 6.81. The highest BCUT2D eigenvalue weighted by Gasteiger charge is 2.52. The molecule has 1 aromatic rings. The number of hydrogen-bond acceptors (Lipinski definition) is 3. The first kappa shape index (κ1) is 16.5. The predicted molar refractivity (Wildman–Crippen MR) is 92.4 cm³/mol. The monoisotopic (exact) mass is 325 g/mol. The number of carbonyl (C=O) groups excluding carboxylic acids is 2. The zero-order chi connectivity index (χ0) is 17.3. The van der Waals surface area contributed by atoms with Crippen molar-refractivity contribution in [2.75, 3.05) is 13.7 Å². The number of hydrogen-bond donors (Lipinski definition) is 1. The maximum atomic E-state index is 12.8. The number of amides is 1. The van der Waals surface area contributed by atoms with Crippen LogP contribution in [0.4, 0.5) is 0 Å². The summed E-state index contributed by atoms with van der Waals surface area (Å²) in [6.07, 6.45) is 4.52. The highest BCUT2D eigenvalue weighted by atomic mass is 16.5. The molecule has 4 heteroatoms. The van der Waals surface area contributed by atoms with E-state index >= 15 is 0 Å². The van der Waals surface area contributed by atoms with E-state index in [1.165, 1.54) is 18.2 Å².